The lowest BCUT2D eigenvalue weighted by molar-refractivity contribution is 0.0781. The molecule has 0 unspecified atom stereocenters. The Bertz CT molecular complexity index is 733. The summed E-state index contributed by atoms with van der Waals surface area (Å²) in [7, 11) is 4.80. The van der Waals surface area contributed by atoms with Crippen LogP contribution in [0.2, 0.25) is 0 Å². The SMILES string of the molecule is COc1ccc(OC)c(C(=O)N(C)Cc2ccc(C#N)cc2)c1. The van der Waals surface area contributed by atoms with Gasteiger partial charge in [0, 0.05) is 13.6 Å². The monoisotopic (exact) mass is 310 g/mol. The van der Waals surface area contributed by atoms with Crippen molar-refractivity contribution >= 4 is 5.91 Å². The Balaban J connectivity index is 2.20. The van der Waals surface area contributed by atoms with Crippen molar-refractivity contribution in [1.29, 1.82) is 5.26 Å². The average molecular weight is 310 g/mol. The molecule has 2 aromatic carbocycles. The Morgan fingerprint density at radius 1 is 1.13 bits per heavy atom. The fourth-order valence-electron chi connectivity index (χ4n) is 2.22. The third-order valence-corrected chi connectivity index (χ3v) is 3.49. The van der Waals surface area contributed by atoms with Gasteiger partial charge in [-0.05, 0) is 35.9 Å². The Morgan fingerprint density at radius 3 is 2.39 bits per heavy atom. The number of amides is 1. The number of hydrogen-bond acceptors (Lipinski definition) is 4. The van der Waals surface area contributed by atoms with Crippen LogP contribution in [0.5, 0.6) is 11.5 Å². The second-order valence-electron chi connectivity index (χ2n) is 5.04. The molecule has 5 heteroatoms. The van der Waals surface area contributed by atoms with E-state index < -0.39 is 0 Å². The Morgan fingerprint density at radius 2 is 1.83 bits per heavy atom. The molecule has 1 amide bonds. The molecule has 23 heavy (non-hydrogen) atoms. The summed E-state index contributed by atoms with van der Waals surface area (Å²) in [6.45, 7) is 0.435. The molecule has 0 saturated carbocycles. The number of benzene rings is 2. The van der Waals surface area contributed by atoms with Crippen LogP contribution in [-0.2, 0) is 6.54 Å². The van der Waals surface area contributed by atoms with Crippen molar-refractivity contribution in [3.05, 3.63) is 59.2 Å². The number of nitriles is 1. The van der Waals surface area contributed by atoms with Crippen LogP contribution in [0.1, 0.15) is 21.5 Å². The summed E-state index contributed by atoms with van der Waals surface area (Å²) >= 11 is 0. The van der Waals surface area contributed by atoms with Crippen molar-refractivity contribution in [3.8, 4) is 17.6 Å². The van der Waals surface area contributed by atoms with E-state index in [0.29, 0.717) is 29.2 Å². The van der Waals surface area contributed by atoms with Crippen LogP contribution in [0.3, 0.4) is 0 Å². The molecule has 0 radical (unpaired) electrons. The topological polar surface area (TPSA) is 62.6 Å². The van der Waals surface area contributed by atoms with Crippen molar-refractivity contribution in [2.45, 2.75) is 6.54 Å². The molecule has 5 nitrogen and oxygen atoms in total. The molecule has 0 saturated heterocycles. The van der Waals surface area contributed by atoms with Crippen molar-refractivity contribution in [1.82, 2.24) is 4.90 Å². The summed E-state index contributed by atoms with van der Waals surface area (Å²) in [5.41, 5.74) is 1.99. The molecule has 0 aliphatic rings. The first-order valence-corrected chi connectivity index (χ1v) is 7.05. The largest absolute Gasteiger partial charge is 0.497 e. The smallest absolute Gasteiger partial charge is 0.257 e. The molecule has 118 valence electrons. The highest BCUT2D eigenvalue weighted by atomic mass is 16.5. The molecule has 0 fully saturated rings. The minimum Gasteiger partial charge on any atom is -0.497 e. The molecular formula is C18H18N2O3. The molecule has 0 heterocycles. The molecule has 0 N–H and O–H groups in total. The lowest BCUT2D eigenvalue weighted by Crippen LogP contribution is -2.26. The maximum Gasteiger partial charge on any atom is 0.257 e. The van der Waals surface area contributed by atoms with Gasteiger partial charge >= 0.3 is 0 Å². The van der Waals surface area contributed by atoms with Crippen LogP contribution in [0, 0.1) is 11.3 Å². The van der Waals surface area contributed by atoms with Gasteiger partial charge in [0.05, 0.1) is 31.4 Å². The molecule has 0 atom stereocenters. The fourth-order valence-corrected chi connectivity index (χ4v) is 2.22. The lowest BCUT2D eigenvalue weighted by Gasteiger charge is -2.19. The number of carbonyl (C=O) groups is 1. The fraction of sp³-hybridized carbons (Fsp3) is 0.222. The van der Waals surface area contributed by atoms with Gasteiger partial charge in [-0.2, -0.15) is 5.26 Å². The molecule has 0 bridgehead atoms. The van der Waals surface area contributed by atoms with Crippen LogP contribution >= 0.6 is 0 Å². The third kappa shape index (κ3) is 3.80. The number of rotatable bonds is 5. The summed E-state index contributed by atoms with van der Waals surface area (Å²) in [6, 6.07) is 14.3. The van der Waals surface area contributed by atoms with E-state index in [-0.39, 0.29) is 5.91 Å². The van der Waals surface area contributed by atoms with Gasteiger partial charge in [0.2, 0.25) is 0 Å². The van der Waals surface area contributed by atoms with Crippen LogP contribution in [-0.4, -0.2) is 32.1 Å². The zero-order valence-electron chi connectivity index (χ0n) is 13.4. The van der Waals surface area contributed by atoms with Gasteiger partial charge in [0.15, 0.2) is 0 Å². The van der Waals surface area contributed by atoms with Gasteiger partial charge in [-0.15, -0.1) is 0 Å². The molecule has 0 spiro atoms. The minimum absolute atomic E-state index is 0.162. The predicted octanol–water partition coefficient (Wildman–Crippen LogP) is 2.85. The van der Waals surface area contributed by atoms with Crippen molar-refractivity contribution in [2.24, 2.45) is 0 Å². The van der Waals surface area contributed by atoms with Crippen LogP contribution in [0.4, 0.5) is 0 Å². The zero-order valence-corrected chi connectivity index (χ0v) is 13.4. The van der Waals surface area contributed by atoms with Crippen molar-refractivity contribution in [2.75, 3.05) is 21.3 Å². The number of methoxy groups -OCH3 is 2. The predicted molar refractivity (Wildman–Crippen MR) is 86.5 cm³/mol. The number of hydrogen-bond donors (Lipinski definition) is 0. The van der Waals surface area contributed by atoms with Gasteiger partial charge < -0.3 is 14.4 Å². The molecule has 0 aliphatic carbocycles. The summed E-state index contributed by atoms with van der Waals surface area (Å²) in [5, 5.41) is 8.81. The van der Waals surface area contributed by atoms with Gasteiger partial charge in [0.1, 0.15) is 11.5 Å². The first kappa shape index (κ1) is 16.4. The maximum absolute atomic E-state index is 12.7. The standard InChI is InChI=1S/C18H18N2O3/c1-20(12-14-6-4-13(11-19)5-7-14)18(21)16-10-15(22-2)8-9-17(16)23-3/h4-10H,12H2,1-3H3. The van der Waals surface area contributed by atoms with E-state index in [1.54, 1.807) is 49.4 Å². The van der Waals surface area contributed by atoms with E-state index in [0.717, 1.165) is 5.56 Å². The number of carbonyl (C=O) groups excluding carboxylic acids is 1. The van der Waals surface area contributed by atoms with E-state index in [1.807, 2.05) is 12.1 Å². The quantitative estimate of drug-likeness (QED) is 0.852. The molecule has 2 aromatic rings. The first-order chi connectivity index (χ1) is 11.1. The first-order valence-electron chi connectivity index (χ1n) is 7.05. The Labute approximate surface area is 135 Å². The normalized spacial score (nSPS) is 9.83. The van der Waals surface area contributed by atoms with Gasteiger partial charge in [-0.3, -0.25) is 4.79 Å². The summed E-state index contributed by atoms with van der Waals surface area (Å²) in [6.07, 6.45) is 0. The second kappa shape index (κ2) is 7.32. The zero-order chi connectivity index (χ0) is 16.8. The average Bonchev–Trinajstić information content (AvgIpc) is 2.61. The number of ether oxygens (including phenoxy) is 2. The molecular weight excluding hydrogens is 292 g/mol. The highest BCUT2D eigenvalue weighted by molar-refractivity contribution is 5.97. The number of nitrogens with zero attached hydrogens (tertiary/aromatic N) is 2. The van der Waals surface area contributed by atoms with Gasteiger partial charge in [-0.25, -0.2) is 0 Å². The lowest BCUT2D eigenvalue weighted by atomic mass is 10.1. The Kier molecular flexibility index (Phi) is 5.21. The summed E-state index contributed by atoms with van der Waals surface area (Å²) in [5.74, 6) is 0.938. The molecule has 0 aromatic heterocycles. The van der Waals surface area contributed by atoms with E-state index in [1.165, 1.54) is 7.11 Å². The van der Waals surface area contributed by atoms with Crippen molar-refractivity contribution in [3.63, 3.8) is 0 Å². The molecule has 0 aliphatic heterocycles. The minimum atomic E-state index is -0.162. The van der Waals surface area contributed by atoms with Crippen LogP contribution in [0.15, 0.2) is 42.5 Å². The highest BCUT2D eigenvalue weighted by Gasteiger charge is 2.18. The second-order valence-corrected chi connectivity index (χ2v) is 5.04. The van der Waals surface area contributed by atoms with E-state index in [4.69, 9.17) is 14.7 Å². The van der Waals surface area contributed by atoms with Crippen molar-refractivity contribution < 1.29 is 14.3 Å². The van der Waals surface area contributed by atoms with E-state index in [9.17, 15) is 4.79 Å². The van der Waals surface area contributed by atoms with Gasteiger partial charge in [0.25, 0.3) is 5.91 Å². The highest BCUT2D eigenvalue weighted by Crippen LogP contribution is 2.25. The van der Waals surface area contributed by atoms with E-state index >= 15 is 0 Å². The summed E-state index contributed by atoms with van der Waals surface area (Å²) in [4.78, 5) is 14.3. The van der Waals surface area contributed by atoms with Gasteiger partial charge in [-0.1, -0.05) is 12.1 Å². The summed E-state index contributed by atoms with van der Waals surface area (Å²) < 4.78 is 10.4. The third-order valence-electron chi connectivity index (χ3n) is 3.49. The van der Waals surface area contributed by atoms with Crippen LogP contribution < -0.4 is 9.47 Å². The van der Waals surface area contributed by atoms with Crippen LogP contribution in [0.25, 0.3) is 0 Å². The molecule has 2 rings (SSSR count). The maximum atomic E-state index is 12.7. The van der Waals surface area contributed by atoms with E-state index in [2.05, 4.69) is 6.07 Å². The Hall–Kier alpha value is -3.00.